The van der Waals surface area contributed by atoms with E-state index in [4.69, 9.17) is 9.84 Å². The van der Waals surface area contributed by atoms with Crippen LogP contribution in [0.2, 0.25) is 0 Å². The van der Waals surface area contributed by atoms with E-state index in [1.54, 1.807) is 20.8 Å². The normalized spacial score (nSPS) is 11.2. The molecule has 0 heterocycles. The summed E-state index contributed by atoms with van der Waals surface area (Å²) in [6, 6.07) is 4.05. The molecule has 0 radical (unpaired) electrons. The van der Waals surface area contributed by atoms with Crippen molar-refractivity contribution in [3.05, 3.63) is 35.1 Å². The highest BCUT2D eigenvalue weighted by atomic mass is 19.1. The van der Waals surface area contributed by atoms with E-state index in [0.717, 1.165) is 0 Å². The fourth-order valence-corrected chi connectivity index (χ4v) is 1.40. The highest BCUT2D eigenvalue weighted by molar-refractivity contribution is 5.67. The third-order valence-electron chi connectivity index (χ3n) is 2.16. The van der Waals surface area contributed by atoms with Gasteiger partial charge in [0.2, 0.25) is 0 Å². The van der Waals surface area contributed by atoms with Gasteiger partial charge in [0.15, 0.2) is 0 Å². The first-order chi connectivity index (χ1) is 8.31. The number of halogens is 1. The van der Waals surface area contributed by atoms with E-state index in [0.29, 0.717) is 11.1 Å². The summed E-state index contributed by atoms with van der Waals surface area (Å²) < 4.78 is 18.0. The SMILES string of the molecule is CC(C)(C)OC(=O)NCc1ccc(F)cc1CO. The lowest BCUT2D eigenvalue weighted by atomic mass is 10.1. The van der Waals surface area contributed by atoms with Crippen molar-refractivity contribution in [2.24, 2.45) is 0 Å². The van der Waals surface area contributed by atoms with Gasteiger partial charge < -0.3 is 15.2 Å². The topological polar surface area (TPSA) is 58.6 Å². The molecule has 1 rings (SSSR count). The zero-order valence-corrected chi connectivity index (χ0v) is 10.8. The minimum absolute atomic E-state index is 0.186. The zero-order chi connectivity index (χ0) is 13.8. The Morgan fingerprint density at radius 3 is 2.61 bits per heavy atom. The van der Waals surface area contributed by atoms with Gasteiger partial charge in [-0.05, 0) is 44.0 Å². The molecule has 0 bridgehead atoms. The van der Waals surface area contributed by atoms with E-state index in [2.05, 4.69) is 5.32 Å². The number of carbonyl (C=O) groups is 1. The molecule has 1 aromatic rings. The number of hydrogen-bond donors (Lipinski definition) is 2. The van der Waals surface area contributed by atoms with Crippen molar-refractivity contribution in [3.63, 3.8) is 0 Å². The third kappa shape index (κ3) is 4.71. The van der Waals surface area contributed by atoms with Gasteiger partial charge in [0.05, 0.1) is 6.61 Å². The minimum Gasteiger partial charge on any atom is -0.444 e. The third-order valence-corrected chi connectivity index (χ3v) is 2.16. The van der Waals surface area contributed by atoms with Crippen molar-refractivity contribution in [1.82, 2.24) is 5.32 Å². The van der Waals surface area contributed by atoms with Gasteiger partial charge in [-0.15, -0.1) is 0 Å². The Bertz CT molecular complexity index is 427. The summed E-state index contributed by atoms with van der Waals surface area (Å²) in [7, 11) is 0. The maximum absolute atomic E-state index is 12.9. The summed E-state index contributed by atoms with van der Waals surface area (Å²) in [5, 5.41) is 11.6. The molecular formula is C13H18FNO3. The Hall–Kier alpha value is -1.62. The lowest BCUT2D eigenvalue weighted by Gasteiger charge is -2.20. The Kier molecular flexibility index (Phi) is 4.67. The molecular weight excluding hydrogens is 237 g/mol. The van der Waals surface area contributed by atoms with Crippen LogP contribution in [-0.2, 0) is 17.9 Å². The molecule has 4 nitrogen and oxygen atoms in total. The van der Waals surface area contributed by atoms with Crippen LogP contribution < -0.4 is 5.32 Å². The van der Waals surface area contributed by atoms with Crippen LogP contribution in [0.3, 0.4) is 0 Å². The molecule has 18 heavy (non-hydrogen) atoms. The Morgan fingerprint density at radius 2 is 2.06 bits per heavy atom. The summed E-state index contributed by atoms with van der Waals surface area (Å²) in [4.78, 5) is 11.4. The van der Waals surface area contributed by atoms with Crippen molar-refractivity contribution in [2.45, 2.75) is 39.5 Å². The summed E-state index contributed by atoms with van der Waals surface area (Å²) in [6.45, 7) is 5.21. The van der Waals surface area contributed by atoms with Crippen LogP contribution in [0, 0.1) is 5.82 Å². The molecule has 1 amide bonds. The van der Waals surface area contributed by atoms with Gasteiger partial charge in [-0.2, -0.15) is 0 Å². The number of ether oxygens (including phenoxy) is 1. The quantitative estimate of drug-likeness (QED) is 0.871. The predicted molar refractivity (Wildman–Crippen MR) is 65.4 cm³/mol. The molecule has 0 aliphatic heterocycles. The molecule has 0 aliphatic carbocycles. The van der Waals surface area contributed by atoms with Crippen molar-refractivity contribution >= 4 is 6.09 Å². The predicted octanol–water partition coefficient (Wildman–Crippen LogP) is 2.34. The van der Waals surface area contributed by atoms with Crippen LogP contribution in [0.5, 0.6) is 0 Å². The van der Waals surface area contributed by atoms with Gasteiger partial charge in [-0.3, -0.25) is 0 Å². The first-order valence-electron chi connectivity index (χ1n) is 5.67. The van der Waals surface area contributed by atoms with E-state index in [9.17, 15) is 9.18 Å². The number of alkyl carbamates (subject to hydrolysis) is 1. The molecule has 100 valence electrons. The minimum atomic E-state index is -0.563. The summed E-state index contributed by atoms with van der Waals surface area (Å²) >= 11 is 0. The number of carbonyl (C=O) groups excluding carboxylic acids is 1. The second-order valence-electron chi connectivity index (χ2n) is 4.93. The Labute approximate surface area is 106 Å². The molecule has 0 atom stereocenters. The van der Waals surface area contributed by atoms with Gasteiger partial charge in [0.1, 0.15) is 11.4 Å². The Morgan fingerprint density at radius 1 is 1.39 bits per heavy atom. The molecule has 0 spiro atoms. The van der Waals surface area contributed by atoms with Crippen LogP contribution in [0.15, 0.2) is 18.2 Å². The number of nitrogens with one attached hydrogen (secondary N) is 1. The number of hydrogen-bond acceptors (Lipinski definition) is 3. The number of amides is 1. The number of benzene rings is 1. The zero-order valence-electron chi connectivity index (χ0n) is 10.8. The molecule has 0 unspecified atom stereocenters. The van der Waals surface area contributed by atoms with Crippen molar-refractivity contribution < 1.29 is 19.0 Å². The maximum Gasteiger partial charge on any atom is 0.407 e. The molecule has 0 aliphatic rings. The first-order valence-corrected chi connectivity index (χ1v) is 5.67. The van der Waals surface area contributed by atoms with Gasteiger partial charge in [-0.1, -0.05) is 6.07 Å². The first kappa shape index (κ1) is 14.4. The van der Waals surface area contributed by atoms with E-state index >= 15 is 0 Å². The van der Waals surface area contributed by atoms with Crippen LogP contribution >= 0.6 is 0 Å². The average Bonchev–Trinajstić information content (AvgIpc) is 2.24. The molecule has 1 aromatic carbocycles. The smallest absolute Gasteiger partial charge is 0.407 e. The van der Waals surface area contributed by atoms with Crippen molar-refractivity contribution in [1.29, 1.82) is 0 Å². The van der Waals surface area contributed by atoms with Gasteiger partial charge in [0, 0.05) is 6.54 Å². The maximum atomic E-state index is 12.9. The van der Waals surface area contributed by atoms with E-state index in [1.807, 2.05) is 0 Å². The molecule has 0 fully saturated rings. The van der Waals surface area contributed by atoms with E-state index in [1.165, 1.54) is 18.2 Å². The molecule has 0 saturated carbocycles. The van der Waals surface area contributed by atoms with Crippen LogP contribution in [0.25, 0.3) is 0 Å². The fraction of sp³-hybridized carbons (Fsp3) is 0.462. The van der Waals surface area contributed by atoms with Crippen LogP contribution in [-0.4, -0.2) is 16.8 Å². The van der Waals surface area contributed by atoms with Crippen molar-refractivity contribution in [3.8, 4) is 0 Å². The monoisotopic (exact) mass is 255 g/mol. The summed E-state index contributed by atoms with van der Waals surface area (Å²) in [5.74, 6) is -0.417. The second-order valence-corrected chi connectivity index (χ2v) is 4.93. The lowest BCUT2D eigenvalue weighted by Crippen LogP contribution is -2.32. The molecule has 2 N–H and O–H groups in total. The molecule has 0 aromatic heterocycles. The highest BCUT2D eigenvalue weighted by Crippen LogP contribution is 2.12. The summed E-state index contributed by atoms with van der Waals surface area (Å²) in [6.07, 6.45) is -0.546. The standard InChI is InChI=1S/C13H18FNO3/c1-13(2,3)18-12(17)15-7-9-4-5-11(14)6-10(9)8-16/h4-6,16H,7-8H2,1-3H3,(H,15,17). The summed E-state index contributed by atoms with van der Waals surface area (Å²) in [5.41, 5.74) is 0.544. The number of aliphatic hydroxyl groups excluding tert-OH is 1. The lowest BCUT2D eigenvalue weighted by molar-refractivity contribution is 0.0523. The second kappa shape index (κ2) is 5.82. The fourth-order valence-electron chi connectivity index (χ4n) is 1.40. The average molecular weight is 255 g/mol. The van der Waals surface area contributed by atoms with Crippen LogP contribution in [0.1, 0.15) is 31.9 Å². The Balaban J connectivity index is 2.61. The van der Waals surface area contributed by atoms with Gasteiger partial charge in [0.25, 0.3) is 0 Å². The van der Waals surface area contributed by atoms with Gasteiger partial charge >= 0.3 is 6.09 Å². The van der Waals surface area contributed by atoms with Gasteiger partial charge in [-0.25, -0.2) is 9.18 Å². The highest BCUT2D eigenvalue weighted by Gasteiger charge is 2.16. The van der Waals surface area contributed by atoms with E-state index in [-0.39, 0.29) is 13.2 Å². The largest absolute Gasteiger partial charge is 0.444 e. The van der Waals surface area contributed by atoms with E-state index < -0.39 is 17.5 Å². The van der Waals surface area contributed by atoms with Crippen LogP contribution in [0.4, 0.5) is 9.18 Å². The van der Waals surface area contributed by atoms with Crippen molar-refractivity contribution in [2.75, 3.05) is 0 Å². The number of rotatable bonds is 3. The molecule has 5 heteroatoms. The molecule has 0 saturated heterocycles. The number of aliphatic hydroxyl groups is 1.